The summed E-state index contributed by atoms with van der Waals surface area (Å²) in [5, 5.41) is 12.3. The third-order valence-electron chi connectivity index (χ3n) is 2.35. The van der Waals surface area contributed by atoms with E-state index in [1.165, 1.54) is 0 Å². The number of halogens is 1. The number of para-hydroxylation sites is 1. The lowest BCUT2D eigenvalue weighted by Gasteiger charge is -2.19. The van der Waals surface area contributed by atoms with E-state index in [1.807, 2.05) is 18.2 Å². The molecule has 1 rings (SSSR count). The summed E-state index contributed by atoms with van der Waals surface area (Å²) in [6.07, 6.45) is -0.793. The highest BCUT2D eigenvalue weighted by atomic mass is 79.9. The zero-order valence-electron chi connectivity index (χ0n) is 11.0. The minimum Gasteiger partial charge on any atom is -0.490 e. The highest BCUT2D eigenvalue weighted by Gasteiger charge is 2.22. The summed E-state index contributed by atoms with van der Waals surface area (Å²) in [5.41, 5.74) is 4.66. The number of aliphatic hydroxyl groups is 1. The van der Waals surface area contributed by atoms with E-state index in [4.69, 9.17) is 10.5 Å². The van der Waals surface area contributed by atoms with Crippen LogP contribution in [-0.4, -0.2) is 35.8 Å². The van der Waals surface area contributed by atoms with Crippen molar-refractivity contribution in [2.24, 2.45) is 5.73 Å². The number of hydrogen-bond acceptors (Lipinski definition) is 4. The predicted molar refractivity (Wildman–Crippen MR) is 76.9 cm³/mol. The summed E-state index contributed by atoms with van der Waals surface area (Å²) in [7, 11) is 0. The highest BCUT2D eigenvalue weighted by Crippen LogP contribution is 2.23. The van der Waals surface area contributed by atoms with Crippen molar-refractivity contribution in [3.63, 3.8) is 0 Å². The molecule has 0 fully saturated rings. The number of aliphatic hydroxyl groups excluding tert-OH is 1. The fourth-order valence-corrected chi connectivity index (χ4v) is 1.64. The molecule has 1 aromatic carbocycles. The first-order chi connectivity index (χ1) is 8.80. The van der Waals surface area contributed by atoms with Crippen LogP contribution in [0.2, 0.25) is 0 Å². The maximum Gasteiger partial charge on any atom is 0.239 e. The second-order valence-electron chi connectivity index (χ2n) is 4.83. The van der Waals surface area contributed by atoms with Crippen molar-refractivity contribution in [1.82, 2.24) is 5.32 Å². The molecule has 0 saturated carbocycles. The first-order valence-corrected chi connectivity index (χ1v) is 6.72. The maximum atomic E-state index is 11.5. The van der Waals surface area contributed by atoms with Gasteiger partial charge in [0.1, 0.15) is 18.5 Å². The van der Waals surface area contributed by atoms with Gasteiger partial charge in [-0.05, 0) is 41.9 Å². The number of amides is 1. The third kappa shape index (κ3) is 5.59. The number of rotatable bonds is 6. The molecule has 0 aliphatic rings. The largest absolute Gasteiger partial charge is 0.490 e. The third-order valence-corrected chi connectivity index (χ3v) is 3.01. The Morgan fingerprint density at radius 3 is 2.74 bits per heavy atom. The van der Waals surface area contributed by atoms with Crippen LogP contribution in [0.1, 0.15) is 13.8 Å². The molecular weight excluding hydrogens is 312 g/mol. The van der Waals surface area contributed by atoms with Gasteiger partial charge in [0, 0.05) is 6.54 Å². The van der Waals surface area contributed by atoms with Crippen LogP contribution in [0.5, 0.6) is 5.75 Å². The minimum atomic E-state index is -0.955. The molecule has 5 nitrogen and oxygen atoms in total. The van der Waals surface area contributed by atoms with Crippen molar-refractivity contribution in [1.29, 1.82) is 0 Å². The molecule has 19 heavy (non-hydrogen) atoms. The Kier molecular flexibility index (Phi) is 5.78. The molecule has 0 bridgehead atoms. The Bertz CT molecular complexity index is 432. The molecule has 1 unspecified atom stereocenters. The van der Waals surface area contributed by atoms with Gasteiger partial charge < -0.3 is 20.9 Å². The van der Waals surface area contributed by atoms with Crippen molar-refractivity contribution >= 4 is 21.8 Å². The number of carbonyl (C=O) groups excluding carboxylic acids is 1. The van der Waals surface area contributed by atoms with E-state index in [1.54, 1.807) is 19.9 Å². The van der Waals surface area contributed by atoms with Crippen molar-refractivity contribution in [2.45, 2.75) is 25.5 Å². The number of nitrogens with two attached hydrogens (primary N) is 1. The molecule has 106 valence electrons. The van der Waals surface area contributed by atoms with Gasteiger partial charge >= 0.3 is 0 Å². The molecular formula is C13H19BrN2O3. The summed E-state index contributed by atoms with van der Waals surface area (Å²) in [6, 6.07) is 7.35. The molecule has 6 heteroatoms. The molecule has 0 aliphatic heterocycles. The average Bonchev–Trinajstić information content (AvgIpc) is 2.33. The Balaban J connectivity index is 2.35. The normalized spacial score (nSPS) is 12.9. The van der Waals surface area contributed by atoms with Crippen LogP contribution in [-0.2, 0) is 4.79 Å². The second kappa shape index (κ2) is 6.88. The lowest BCUT2D eigenvalue weighted by atomic mass is 10.1. The predicted octanol–water partition coefficient (Wildman–Crippen LogP) is 1.04. The molecule has 0 aliphatic carbocycles. The number of ether oxygens (including phenoxy) is 1. The Hall–Kier alpha value is -1.11. The molecule has 0 spiro atoms. The Morgan fingerprint density at radius 2 is 2.16 bits per heavy atom. The summed E-state index contributed by atoms with van der Waals surface area (Å²) in [5.74, 6) is 0.333. The summed E-state index contributed by atoms with van der Waals surface area (Å²) in [6.45, 7) is 3.40. The Labute approximate surface area is 121 Å². The van der Waals surface area contributed by atoms with E-state index in [-0.39, 0.29) is 19.1 Å². The zero-order chi connectivity index (χ0) is 14.5. The fourth-order valence-electron chi connectivity index (χ4n) is 1.25. The molecule has 1 aromatic rings. The molecule has 0 heterocycles. The van der Waals surface area contributed by atoms with Crippen molar-refractivity contribution in [2.75, 3.05) is 13.2 Å². The van der Waals surface area contributed by atoms with Crippen LogP contribution in [0.25, 0.3) is 0 Å². The summed E-state index contributed by atoms with van der Waals surface area (Å²) in [4.78, 5) is 11.5. The van der Waals surface area contributed by atoms with E-state index >= 15 is 0 Å². The monoisotopic (exact) mass is 330 g/mol. The SMILES string of the molecule is CC(C)(N)C(=O)NCC(O)COc1ccccc1Br. The van der Waals surface area contributed by atoms with E-state index < -0.39 is 11.6 Å². The van der Waals surface area contributed by atoms with Crippen molar-refractivity contribution in [3.05, 3.63) is 28.7 Å². The quantitative estimate of drug-likeness (QED) is 0.727. The molecule has 1 amide bonds. The molecule has 0 radical (unpaired) electrons. The van der Waals surface area contributed by atoms with E-state index in [0.717, 1.165) is 4.47 Å². The standard InChI is InChI=1S/C13H19BrN2O3/c1-13(2,15)12(18)16-7-9(17)8-19-11-6-4-3-5-10(11)14/h3-6,9,17H,7-8,15H2,1-2H3,(H,16,18). The first-order valence-electron chi connectivity index (χ1n) is 5.93. The average molecular weight is 331 g/mol. The van der Waals surface area contributed by atoms with Gasteiger partial charge in [-0.3, -0.25) is 4.79 Å². The molecule has 0 saturated heterocycles. The van der Waals surface area contributed by atoms with Gasteiger partial charge in [0.05, 0.1) is 10.0 Å². The maximum absolute atomic E-state index is 11.5. The first kappa shape index (κ1) is 15.9. The van der Waals surface area contributed by atoms with Crippen LogP contribution in [0.4, 0.5) is 0 Å². The van der Waals surface area contributed by atoms with Crippen LogP contribution >= 0.6 is 15.9 Å². The molecule has 4 N–H and O–H groups in total. The topological polar surface area (TPSA) is 84.6 Å². The van der Waals surface area contributed by atoms with E-state index in [0.29, 0.717) is 5.75 Å². The van der Waals surface area contributed by atoms with Gasteiger partial charge in [-0.15, -0.1) is 0 Å². The Morgan fingerprint density at radius 1 is 1.53 bits per heavy atom. The van der Waals surface area contributed by atoms with E-state index in [9.17, 15) is 9.90 Å². The molecule has 1 atom stereocenters. The number of benzene rings is 1. The van der Waals surface area contributed by atoms with Gasteiger partial charge in [0.2, 0.25) is 5.91 Å². The van der Waals surface area contributed by atoms with Gasteiger partial charge in [0.25, 0.3) is 0 Å². The number of hydrogen-bond donors (Lipinski definition) is 3. The number of nitrogens with one attached hydrogen (secondary N) is 1. The minimum absolute atomic E-state index is 0.0912. The van der Waals surface area contributed by atoms with Gasteiger partial charge in [0.15, 0.2) is 0 Å². The lowest BCUT2D eigenvalue weighted by molar-refractivity contribution is -0.125. The van der Waals surface area contributed by atoms with Gasteiger partial charge in [-0.2, -0.15) is 0 Å². The second-order valence-corrected chi connectivity index (χ2v) is 5.68. The van der Waals surface area contributed by atoms with E-state index in [2.05, 4.69) is 21.2 Å². The van der Waals surface area contributed by atoms with Crippen molar-refractivity contribution in [3.8, 4) is 5.75 Å². The van der Waals surface area contributed by atoms with Gasteiger partial charge in [-0.25, -0.2) is 0 Å². The molecule has 0 aromatic heterocycles. The lowest BCUT2D eigenvalue weighted by Crippen LogP contribution is -2.51. The van der Waals surface area contributed by atoms with Crippen LogP contribution in [0.15, 0.2) is 28.7 Å². The summed E-state index contributed by atoms with van der Waals surface area (Å²) < 4.78 is 6.25. The van der Waals surface area contributed by atoms with Crippen LogP contribution in [0.3, 0.4) is 0 Å². The van der Waals surface area contributed by atoms with Crippen LogP contribution < -0.4 is 15.8 Å². The smallest absolute Gasteiger partial charge is 0.239 e. The van der Waals surface area contributed by atoms with Gasteiger partial charge in [-0.1, -0.05) is 12.1 Å². The fraction of sp³-hybridized carbons (Fsp3) is 0.462. The van der Waals surface area contributed by atoms with Crippen LogP contribution in [0, 0.1) is 0 Å². The highest BCUT2D eigenvalue weighted by molar-refractivity contribution is 9.10. The number of carbonyl (C=O) groups is 1. The summed E-state index contributed by atoms with van der Waals surface area (Å²) >= 11 is 3.34. The van der Waals surface area contributed by atoms with Crippen molar-refractivity contribution < 1.29 is 14.6 Å². The zero-order valence-corrected chi connectivity index (χ0v) is 12.6.